The van der Waals surface area contributed by atoms with Gasteiger partial charge in [-0.2, -0.15) is 0 Å². The maximum atomic E-state index is 12.7. The Morgan fingerprint density at radius 2 is 0.573 bits per heavy atom. The van der Waals surface area contributed by atoms with Gasteiger partial charge in [0.1, 0.15) is 62.6 Å². The summed E-state index contributed by atoms with van der Waals surface area (Å²) in [5, 5.41) is 21.0. The first-order valence-corrected chi connectivity index (χ1v) is 31.9. The number of hydrogen-bond acceptors (Lipinski definition) is 10. The number of carbonyl (C=O) groups is 2. The van der Waals surface area contributed by atoms with Gasteiger partial charge in [-0.1, -0.05) is 192 Å². The monoisotopic (exact) mass is 1130 g/mol. The van der Waals surface area contributed by atoms with Crippen LogP contribution in [0.4, 0.5) is 0 Å². The van der Waals surface area contributed by atoms with Crippen molar-refractivity contribution < 1.29 is 48.2 Å². The standard InChI is InChI=1S/C72H104O10/c1-9-13-17-21-25-29-55-41-59-49-63-45-57(31-27-23-19-15-11-3)47-65(69(63)79-37-39-81-71(75)53(5)6)51-61-43-56(30-26-22-18-14-10-2)44-62(68(61)78-36-34-74)52-66-48-58(32-28-24-20-16-12-4)46-64(50-60(42-55)67(59)77-35-33-73)70(66)80-38-40-82-72(76)54(7)8/h41-48,73-74H,5,7,9-40,49-52H2,1-4,6,8H3. The molecule has 452 valence electrons. The lowest BCUT2D eigenvalue weighted by Gasteiger charge is -2.25. The van der Waals surface area contributed by atoms with Crippen LogP contribution in [0.5, 0.6) is 23.0 Å². The number of rotatable bonds is 40. The fourth-order valence-corrected chi connectivity index (χ4v) is 11.3. The van der Waals surface area contributed by atoms with E-state index >= 15 is 0 Å². The maximum Gasteiger partial charge on any atom is 0.333 e. The van der Waals surface area contributed by atoms with Crippen molar-refractivity contribution >= 4 is 11.9 Å². The van der Waals surface area contributed by atoms with Crippen LogP contribution >= 0.6 is 0 Å². The van der Waals surface area contributed by atoms with Gasteiger partial charge in [0.15, 0.2) is 0 Å². The largest absolute Gasteiger partial charge is 0.491 e. The molecule has 0 amide bonds. The summed E-state index contributed by atoms with van der Waals surface area (Å²) in [4.78, 5) is 25.4. The molecule has 2 N–H and O–H groups in total. The molecule has 0 saturated heterocycles. The second kappa shape index (κ2) is 38.3. The minimum absolute atomic E-state index is 0.0496. The highest BCUT2D eigenvalue weighted by atomic mass is 16.6. The topological polar surface area (TPSA) is 130 Å². The molecule has 82 heavy (non-hydrogen) atoms. The Morgan fingerprint density at radius 1 is 0.354 bits per heavy atom. The van der Waals surface area contributed by atoms with E-state index in [4.69, 9.17) is 28.4 Å². The van der Waals surface area contributed by atoms with Crippen LogP contribution in [0, 0.1) is 0 Å². The Kier molecular flexibility index (Phi) is 31.4. The summed E-state index contributed by atoms with van der Waals surface area (Å²) in [6.07, 6.45) is 28.6. The summed E-state index contributed by atoms with van der Waals surface area (Å²) < 4.78 is 38.9. The Hall–Kier alpha value is -5.58. The number of fused-ring (bicyclic) bond motifs is 8. The summed E-state index contributed by atoms with van der Waals surface area (Å²) in [6.45, 7) is 20.2. The number of aliphatic hydroxyl groups is 2. The summed E-state index contributed by atoms with van der Waals surface area (Å²) in [7, 11) is 0. The Balaban J connectivity index is 1.89. The van der Waals surface area contributed by atoms with Gasteiger partial charge in [0, 0.05) is 36.8 Å². The van der Waals surface area contributed by atoms with E-state index in [9.17, 15) is 19.8 Å². The van der Waals surface area contributed by atoms with Crippen molar-refractivity contribution in [2.45, 2.75) is 221 Å². The molecule has 5 rings (SSSR count). The van der Waals surface area contributed by atoms with Gasteiger partial charge in [-0.3, -0.25) is 0 Å². The predicted molar refractivity (Wildman–Crippen MR) is 335 cm³/mol. The van der Waals surface area contributed by atoms with E-state index in [1.165, 1.54) is 99.3 Å². The number of carbonyl (C=O) groups excluding carboxylic acids is 2. The number of aliphatic hydroxyl groups excluding tert-OH is 2. The van der Waals surface area contributed by atoms with Crippen molar-refractivity contribution in [3.05, 3.63) is 140 Å². The molecule has 0 aromatic heterocycles. The molecular weight excluding hydrogens is 1020 g/mol. The quantitative estimate of drug-likeness (QED) is 0.0222. The van der Waals surface area contributed by atoms with Crippen molar-refractivity contribution in [2.24, 2.45) is 0 Å². The van der Waals surface area contributed by atoms with Crippen LogP contribution in [0.1, 0.15) is 237 Å². The fraction of sp³-hybridized carbons (Fsp3) is 0.583. The SMILES string of the molecule is C=C(C)C(=O)OCCOc1c2cc(CCCCCCC)cc1Cc1cc(CCCCCCC)cc(c1OCCO)Cc1cc(CCCCCCC)cc(c1OCCOC(=O)C(=C)C)Cc1cc(CCCCCCC)cc(c1OCCO)C2. The molecular formula is C72H104O10. The van der Waals surface area contributed by atoms with Crippen molar-refractivity contribution in [1.82, 2.24) is 0 Å². The molecule has 1 aliphatic rings. The molecule has 1 aliphatic carbocycles. The number of hydrogen-bond donors (Lipinski definition) is 2. The van der Waals surface area contributed by atoms with Crippen LogP contribution < -0.4 is 18.9 Å². The van der Waals surface area contributed by atoms with Gasteiger partial charge in [0.05, 0.1) is 13.2 Å². The molecule has 0 spiro atoms. The highest BCUT2D eigenvalue weighted by Gasteiger charge is 2.25. The van der Waals surface area contributed by atoms with Gasteiger partial charge in [0.2, 0.25) is 0 Å². The first-order chi connectivity index (χ1) is 39.9. The van der Waals surface area contributed by atoms with E-state index < -0.39 is 11.9 Å². The van der Waals surface area contributed by atoms with Gasteiger partial charge in [-0.15, -0.1) is 0 Å². The highest BCUT2D eigenvalue weighted by Crippen LogP contribution is 2.42. The van der Waals surface area contributed by atoms with E-state index in [1.807, 2.05) is 0 Å². The van der Waals surface area contributed by atoms with E-state index in [-0.39, 0.29) is 52.9 Å². The number of esters is 2. The molecule has 8 bridgehead atoms. The number of unbranched alkanes of at least 4 members (excludes halogenated alkanes) is 16. The Bertz CT molecular complexity index is 2320. The Labute approximate surface area is 494 Å². The number of benzene rings is 4. The first-order valence-electron chi connectivity index (χ1n) is 31.9. The van der Waals surface area contributed by atoms with Crippen molar-refractivity contribution in [1.29, 1.82) is 0 Å². The zero-order valence-electron chi connectivity index (χ0n) is 51.6. The third-order valence-electron chi connectivity index (χ3n) is 15.5. The summed E-state index contributed by atoms with van der Waals surface area (Å²) in [6, 6.07) is 18.5. The van der Waals surface area contributed by atoms with Gasteiger partial charge in [-0.05, 0) is 132 Å². The lowest BCUT2D eigenvalue weighted by molar-refractivity contribution is -0.140. The van der Waals surface area contributed by atoms with Crippen molar-refractivity contribution in [3.8, 4) is 23.0 Å². The molecule has 0 fully saturated rings. The van der Waals surface area contributed by atoms with Gasteiger partial charge >= 0.3 is 11.9 Å². The second-order valence-electron chi connectivity index (χ2n) is 23.0. The van der Waals surface area contributed by atoms with E-state index in [0.29, 0.717) is 36.8 Å². The van der Waals surface area contributed by atoms with Crippen molar-refractivity contribution in [2.75, 3.05) is 52.9 Å². The smallest absolute Gasteiger partial charge is 0.333 e. The van der Waals surface area contributed by atoms with Crippen LogP contribution in [0.2, 0.25) is 0 Å². The summed E-state index contributed by atoms with van der Waals surface area (Å²) in [5.41, 5.74) is 13.6. The molecule has 0 atom stereocenters. The molecule has 0 saturated carbocycles. The molecule has 4 aromatic rings. The predicted octanol–water partition coefficient (Wildman–Crippen LogP) is 16.2. The normalized spacial score (nSPS) is 12.0. The maximum absolute atomic E-state index is 12.7. The van der Waals surface area contributed by atoms with E-state index in [1.54, 1.807) is 13.8 Å². The van der Waals surface area contributed by atoms with Crippen LogP contribution in [0.25, 0.3) is 0 Å². The van der Waals surface area contributed by atoms with Crippen LogP contribution in [0.3, 0.4) is 0 Å². The van der Waals surface area contributed by atoms with Crippen LogP contribution in [-0.2, 0) is 70.4 Å². The first kappa shape index (κ1) is 67.2. The third-order valence-corrected chi connectivity index (χ3v) is 15.5. The van der Waals surface area contributed by atoms with E-state index in [2.05, 4.69) is 89.4 Å². The minimum atomic E-state index is -0.456. The fourth-order valence-electron chi connectivity index (χ4n) is 11.3. The molecule has 10 nitrogen and oxygen atoms in total. The van der Waals surface area contributed by atoms with Crippen molar-refractivity contribution in [3.63, 3.8) is 0 Å². The molecule has 10 heteroatoms. The lowest BCUT2D eigenvalue weighted by Crippen LogP contribution is -2.16. The van der Waals surface area contributed by atoms with Gasteiger partial charge in [0.25, 0.3) is 0 Å². The lowest BCUT2D eigenvalue weighted by atomic mass is 9.87. The molecule has 0 unspecified atom stereocenters. The summed E-state index contributed by atoms with van der Waals surface area (Å²) >= 11 is 0. The second-order valence-corrected chi connectivity index (χ2v) is 23.0. The molecule has 0 heterocycles. The van der Waals surface area contributed by atoms with Gasteiger partial charge < -0.3 is 38.6 Å². The minimum Gasteiger partial charge on any atom is -0.491 e. The third kappa shape index (κ3) is 22.9. The van der Waals surface area contributed by atoms with Gasteiger partial charge in [-0.25, -0.2) is 9.59 Å². The number of ether oxygens (including phenoxy) is 6. The van der Waals surface area contributed by atoms with Crippen LogP contribution in [0.15, 0.2) is 72.8 Å². The van der Waals surface area contributed by atoms with Crippen LogP contribution in [-0.4, -0.2) is 75.0 Å². The highest BCUT2D eigenvalue weighted by molar-refractivity contribution is 5.87. The molecule has 4 aromatic carbocycles. The molecule has 0 aliphatic heterocycles. The number of aryl methyl sites for hydroxylation is 4. The average molecular weight is 1130 g/mol. The zero-order chi connectivity index (χ0) is 58.9. The summed E-state index contributed by atoms with van der Waals surface area (Å²) in [5.74, 6) is 2.05. The van der Waals surface area contributed by atoms with E-state index in [0.717, 1.165) is 145 Å². The Morgan fingerprint density at radius 3 is 0.780 bits per heavy atom. The molecule has 0 radical (unpaired) electrons. The zero-order valence-corrected chi connectivity index (χ0v) is 51.6. The average Bonchev–Trinajstić information content (AvgIpc) is 3.58.